The summed E-state index contributed by atoms with van der Waals surface area (Å²) in [5.74, 6) is 3.13. The SMILES string of the molecule is CCCSCCN1CC[C@@H](CCCc2c(Cl)cnc3ccc(OC)cc23)[C@@H](CC(=O)O)C1. The number of aryl methyl sites for hydroxylation is 1. The van der Waals surface area contributed by atoms with Crippen LogP contribution in [0.1, 0.15) is 44.6 Å². The number of hydrogen-bond acceptors (Lipinski definition) is 5. The number of thioether (sulfide) groups is 1. The van der Waals surface area contributed by atoms with Gasteiger partial charge < -0.3 is 14.7 Å². The lowest BCUT2D eigenvalue weighted by Gasteiger charge is -2.38. The molecule has 2 heterocycles. The van der Waals surface area contributed by atoms with Crippen LogP contribution in [0.15, 0.2) is 24.4 Å². The molecule has 32 heavy (non-hydrogen) atoms. The molecule has 0 unspecified atom stereocenters. The summed E-state index contributed by atoms with van der Waals surface area (Å²) in [4.78, 5) is 18.4. The molecule has 1 aliphatic heterocycles. The molecule has 1 N–H and O–H groups in total. The molecule has 7 heteroatoms. The van der Waals surface area contributed by atoms with E-state index < -0.39 is 5.97 Å². The van der Waals surface area contributed by atoms with Crippen LogP contribution in [0.5, 0.6) is 5.75 Å². The predicted octanol–water partition coefficient (Wildman–Crippen LogP) is 5.78. The van der Waals surface area contributed by atoms with Gasteiger partial charge in [-0.2, -0.15) is 11.8 Å². The van der Waals surface area contributed by atoms with Crippen molar-refractivity contribution in [3.63, 3.8) is 0 Å². The van der Waals surface area contributed by atoms with Gasteiger partial charge in [-0.3, -0.25) is 9.78 Å². The van der Waals surface area contributed by atoms with Crippen molar-refractivity contribution in [2.24, 2.45) is 11.8 Å². The van der Waals surface area contributed by atoms with Gasteiger partial charge in [-0.15, -0.1) is 0 Å². The van der Waals surface area contributed by atoms with E-state index >= 15 is 0 Å². The molecule has 1 fully saturated rings. The van der Waals surface area contributed by atoms with Crippen molar-refractivity contribution in [3.05, 3.63) is 35.0 Å². The summed E-state index contributed by atoms with van der Waals surface area (Å²) in [5, 5.41) is 11.2. The van der Waals surface area contributed by atoms with Crippen LogP contribution in [-0.4, -0.2) is 59.2 Å². The number of aromatic nitrogens is 1. The highest BCUT2D eigenvalue weighted by atomic mass is 35.5. The number of halogens is 1. The minimum atomic E-state index is -0.683. The highest BCUT2D eigenvalue weighted by Crippen LogP contribution is 2.33. The fourth-order valence-electron chi connectivity index (χ4n) is 4.76. The van der Waals surface area contributed by atoms with E-state index in [1.807, 2.05) is 30.0 Å². The van der Waals surface area contributed by atoms with Gasteiger partial charge >= 0.3 is 5.97 Å². The average Bonchev–Trinajstić information content (AvgIpc) is 2.78. The molecule has 1 aromatic heterocycles. The van der Waals surface area contributed by atoms with E-state index in [2.05, 4.69) is 16.8 Å². The van der Waals surface area contributed by atoms with Crippen LogP contribution in [0.2, 0.25) is 5.02 Å². The molecule has 0 radical (unpaired) electrons. The Hall–Kier alpha value is -1.50. The molecule has 0 spiro atoms. The average molecular weight is 479 g/mol. The molecular weight excluding hydrogens is 444 g/mol. The van der Waals surface area contributed by atoms with Gasteiger partial charge in [0, 0.05) is 36.8 Å². The molecular formula is C25H35ClN2O3S. The number of carboxylic acid groups (broad SMARTS) is 1. The Balaban J connectivity index is 1.60. The number of rotatable bonds is 12. The van der Waals surface area contributed by atoms with Crippen molar-refractivity contribution in [2.45, 2.75) is 45.4 Å². The van der Waals surface area contributed by atoms with Gasteiger partial charge in [0.2, 0.25) is 0 Å². The Morgan fingerprint density at radius 2 is 2.19 bits per heavy atom. The van der Waals surface area contributed by atoms with Crippen LogP contribution < -0.4 is 4.74 Å². The number of pyridine rings is 1. The Labute approximate surface area is 200 Å². The Morgan fingerprint density at radius 1 is 1.34 bits per heavy atom. The number of benzene rings is 1. The molecule has 1 aliphatic rings. The highest BCUT2D eigenvalue weighted by Gasteiger charge is 2.30. The predicted molar refractivity (Wildman–Crippen MR) is 134 cm³/mol. The number of hydrogen-bond donors (Lipinski definition) is 1. The first-order valence-electron chi connectivity index (χ1n) is 11.6. The first kappa shape index (κ1) is 25.1. The maximum absolute atomic E-state index is 11.5. The second-order valence-electron chi connectivity index (χ2n) is 8.68. The molecule has 5 nitrogen and oxygen atoms in total. The molecule has 0 amide bonds. The zero-order chi connectivity index (χ0) is 22.9. The first-order chi connectivity index (χ1) is 15.5. The monoisotopic (exact) mass is 478 g/mol. The summed E-state index contributed by atoms with van der Waals surface area (Å²) < 4.78 is 5.39. The number of carboxylic acids is 1. The van der Waals surface area contributed by atoms with Gasteiger partial charge in [0.1, 0.15) is 5.75 Å². The van der Waals surface area contributed by atoms with Gasteiger partial charge in [-0.25, -0.2) is 0 Å². The lowest BCUT2D eigenvalue weighted by atomic mass is 9.80. The summed E-state index contributed by atoms with van der Waals surface area (Å²) in [6, 6.07) is 5.88. The lowest BCUT2D eigenvalue weighted by Crippen LogP contribution is -2.42. The van der Waals surface area contributed by atoms with E-state index in [1.165, 1.54) is 12.2 Å². The maximum atomic E-state index is 11.5. The number of piperidine rings is 1. The molecule has 2 atom stereocenters. The second-order valence-corrected chi connectivity index (χ2v) is 10.3. The number of aliphatic carboxylic acids is 1. The standard InChI is InChI=1S/C25H35ClN2O3S/c1-3-12-32-13-11-28-10-9-18(19(17-28)14-25(29)30)5-4-6-21-22-15-20(31-2)7-8-24(22)27-16-23(21)26/h7-8,15-16,18-19H,3-6,9-14,17H2,1-2H3,(H,29,30)/t18-,19+/m1/s1. The fraction of sp³-hybridized carbons (Fsp3) is 0.600. The Kier molecular flexibility index (Phi) is 9.94. The van der Waals surface area contributed by atoms with Crippen LogP contribution in [0.4, 0.5) is 0 Å². The van der Waals surface area contributed by atoms with Crippen LogP contribution in [-0.2, 0) is 11.2 Å². The summed E-state index contributed by atoms with van der Waals surface area (Å²) in [6.45, 7) is 5.25. The number of likely N-dealkylation sites (tertiary alicyclic amines) is 1. The smallest absolute Gasteiger partial charge is 0.303 e. The highest BCUT2D eigenvalue weighted by molar-refractivity contribution is 7.99. The lowest BCUT2D eigenvalue weighted by molar-refractivity contribution is -0.139. The van der Waals surface area contributed by atoms with Crippen LogP contribution >= 0.6 is 23.4 Å². The van der Waals surface area contributed by atoms with Gasteiger partial charge in [-0.05, 0) is 80.0 Å². The van der Waals surface area contributed by atoms with Crippen molar-refractivity contribution in [3.8, 4) is 5.75 Å². The van der Waals surface area contributed by atoms with Crippen molar-refractivity contribution in [1.82, 2.24) is 9.88 Å². The summed E-state index contributed by atoms with van der Waals surface area (Å²) in [7, 11) is 1.66. The quantitative estimate of drug-likeness (QED) is 0.390. The number of methoxy groups -OCH3 is 1. The van der Waals surface area contributed by atoms with E-state index in [0.29, 0.717) is 10.9 Å². The molecule has 176 valence electrons. The normalized spacial score (nSPS) is 19.3. The van der Waals surface area contributed by atoms with Crippen LogP contribution in [0, 0.1) is 11.8 Å². The molecule has 0 bridgehead atoms. The van der Waals surface area contributed by atoms with Gasteiger partial charge in [0.25, 0.3) is 0 Å². The topological polar surface area (TPSA) is 62.7 Å². The van der Waals surface area contributed by atoms with Gasteiger partial charge in [0.15, 0.2) is 0 Å². The van der Waals surface area contributed by atoms with Gasteiger partial charge in [0.05, 0.1) is 17.6 Å². The maximum Gasteiger partial charge on any atom is 0.303 e. The molecule has 2 aromatic rings. The third-order valence-corrected chi connectivity index (χ3v) is 7.94. The largest absolute Gasteiger partial charge is 0.497 e. The van der Waals surface area contributed by atoms with E-state index in [0.717, 1.165) is 73.3 Å². The minimum absolute atomic E-state index is 0.224. The van der Waals surface area contributed by atoms with E-state index in [4.69, 9.17) is 16.3 Å². The van der Waals surface area contributed by atoms with E-state index in [9.17, 15) is 9.90 Å². The summed E-state index contributed by atoms with van der Waals surface area (Å²) >= 11 is 8.51. The fourth-order valence-corrected chi connectivity index (χ4v) is 5.88. The molecule has 0 saturated carbocycles. The zero-order valence-corrected chi connectivity index (χ0v) is 20.8. The van der Waals surface area contributed by atoms with E-state index in [1.54, 1.807) is 13.3 Å². The number of nitrogens with zero attached hydrogens (tertiary/aromatic N) is 2. The first-order valence-corrected chi connectivity index (χ1v) is 13.2. The van der Waals surface area contributed by atoms with Crippen molar-refractivity contribution >= 4 is 40.2 Å². The third kappa shape index (κ3) is 7.00. The number of carbonyl (C=O) groups is 1. The molecule has 3 rings (SSSR count). The minimum Gasteiger partial charge on any atom is -0.497 e. The van der Waals surface area contributed by atoms with Crippen LogP contribution in [0.3, 0.4) is 0 Å². The second kappa shape index (κ2) is 12.7. The molecule has 1 saturated heterocycles. The van der Waals surface area contributed by atoms with Gasteiger partial charge in [-0.1, -0.05) is 18.5 Å². The zero-order valence-electron chi connectivity index (χ0n) is 19.2. The van der Waals surface area contributed by atoms with Crippen molar-refractivity contribution in [1.29, 1.82) is 0 Å². The van der Waals surface area contributed by atoms with Crippen molar-refractivity contribution in [2.75, 3.05) is 38.2 Å². The third-order valence-electron chi connectivity index (χ3n) is 6.45. The number of ether oxygens (including phenoxy) is 1. The Bertz CT molecular complexity index is 895. The summed E-state index contributed by atoms with van der Waals surface area (Å²) in [6.07, 6.45) is 7.16. The molecule has 0 aliphatic carbocycles. The Morgan fingerprint density at radius 3 is 2.94 bits per heavy atom. The summed E-state index contributed by atoms with van der Waals surface area (Å²) in [5.41, 5.74) is 2.03. The number of fused-ring (bicyclic) bond motifs is 1. The molecule has 1 aromatic carbocycles. The van der Waals surface area contributed by atoms with Crippen LogP contribution in [0.25, 0.3) is 10.9 Å². The van der Waals surface area contributed by atoms with E-state index in [-0.39, 0.29) is 12.3 Å². The van der Waals surface area contributed by atoms with Crippen molar-refractivity contribution < 1.29 is 14.6 Å².